The normalized spacial score (nSPS) is 5.54. The Morgan fingerprint density at radius 2 is 0.538 bits per heavy atom. The fourth-order valence-corrected chi connectivity index (χ4v) is 0. The van der Waals surface area contributed by atoms with E-state index in [1.54, 1.807) is 27.7 Å². The number of hydrogen-bond donors (Lipinski definition) is 4. The van der Waals surface area contributed by atoms with E-state index in [4.69, 9.17) is 20.4 Å². The molecule has 0 aromatic carbocycles. The largest absolute Gasteiger partial charge is 0.397 e. The van der Waals surface area contributed by atoms with Gasteiger partial charge in [-0.1, -0.05) is 0 Å². The van der Waals surface area contributed by atoms with Crippen LogP contribution in [0.2, 0.25) is 0 Å². The molecule has 0 fully saturated rings. The number of rotatable bonds is 0. The van der Waals surface area contributed by atoms with Crippen molar-refractivity contribution in [2.75, 3.05) is 26.4 Å². The van der Waals surface area contributed by atoms with Crippen LogP contribution in [0.3, 0.4) is 0 Å². The van der Waals surface area contributed by atoms with Crippen molar-refractivity contribution in [3.05, 3.63) is 0 Å². The van der Waals surface area contributed by atoms with Crippen LogP contribution in [0.4, 0.5) is 0 Å². The molecule has 0 bridgehead atoms. The van der Waals surface area contributed by atoms with Crippen LogP contribution in [0, 0.1) is 0 Å². The number of aliphatic hydroxyl groups is 4. The topological polar surface area (TPSA) is 80.9 Å². The van der Waals surface area contributed by atoms with Gasteiger partial charge in [0.05, 0.1) is 0 Å². The third-order valence-electron chi connectivity index (χ3n) is 0. The van der Waals surface area contributed by atoms with Gasteiger partial charge in [0, 0.05) is 71.9 Å². The Hall–Kier alpha value is 1.32. The van der Waals surface area contributed by atoms with E-state index >= 15 is 0 Å². The SMILES string of the molecule is CCO.CCO.CCO.CCO.[Sr]. The van der Waals surface area contributed by atoms with E-state index in [-0.39, 0.29) is 71.9 Å². The molecule has 13 heavy (non-hydrogen) atoms. The third-order valence-corrected chi connectivity index (χ3v) is 0. The van der Waals surface area contributed by atoms with Gasteiger partial charge in [-0.05, 0) is 27.7 Å². The summed E-state index contributed by atoms with van der Waals surface area (Å²) in [4.78, 5) is 0. The van der Waals surface area contributed by atoms with Gasteiger partial charge in [0.1, 0.15) is 0 Å². The average Bonchev–Trinajstić information content (AvgIpc) is 1.92. The molecule has 82 valence electrons. The summed E-state index contributed by atoms with van der Waals surface area (Å²) < 4.78 is 0. The molecule has 0 aliphatic rings. The van der Waals surface area contributed by atoms with Crippen LogP contribution in [0.15, 0.2) is 0 Å². The van der Waals surface area contributed by atoms with E-state index < -0.39 is 0 Å². The molecule has 0 atom stereocenters. The van der Waals surface area contributed by atoms with Crippen LogP contribution in [-0.2, 0) is 0 Å². The molecule has 5 heteroatoms. The Morgan fingerprint density at radius 3 is 0.538 bits per heavy atom. The predicted molar refractivity (Wildman–Crippen MR) is 56.8 cm³/mol. The molecule has 0 aromatic heterocycles. The van der Waals surface area contributed by atoms with Crippen molar-refractivity contribution in [1.29, 1.82) is 0 Å². The minimum Gasteiger partial charge on any atom is -0.397 e. The van der Waals surface area contributed by atoms with Crippen molar-refractivity contribution in [2.24, 2.45) is 0 Å². The van der Waals surface area contributed by atoms with Crippen LogP contribution in [-0.4, -0.2) is 92.3 Å². The van der Waals surface area contributed by atoms with Crippen molar-refractivity contribution in [1.82, 2.24) is 0 Å². The first-order valence-electron chi connectivity index (χ1n) is 4.09. The zero-order chi connectivity index (χ0) is 10.8. The van der Waals surface area contributed by atoms with Gasteiger partial charge in [-0.25, -0.2) is 0 Å². The summed E-state index contributed by atoms with van der Waals surface area (Å²) in [5, 5.41) is 30.3. The zero-order valence-corrected chi connectivity index (χ0v) is 12.8. The van der Waals surface area contributed by atoms with E-state index in [0.717, 1.165) is 0 Å². The van der Waals surface area contributed by atoms with Gasteiger partial charge in [-0.15, -0.1) is 0 Å². The van der Waals surface area contributed by atoms with E-state index in [9.17, 15) is 0 Å². The second-order valence-corrected chi connectivity index (χ2v) is 1.26. The average molecular weight is 272 g/mol. The first-order valence-corrected chi connectivity index (χ1v) is 4.09. The molecule has 0 aromatic rings. The fourth-order valence-electron chi connectivity index (χ4n) is 0. The van der Waals surface area contributed by atoms with Crippen molar-refractivity contribution in [3.8, 4) is 0 Å². The first kappa shape index (κ1) is 29.2. The first-order chi connectivity index (χ1) is 5.66. The molecule has 0 saturated carbocycles. The summed E-state index contributed by atoms with van der Waals surface area (Å²) in [6.07, 6.45) is 0. The number of hydrogen-bond acceptors (Lipinski definition) is 4. The minimum absolute atomic E-state index is 0. The molecule has 0 spiro atoms. The molecule has 0 amide bonds. The van der Waals surface area contributed by atoms with E-state index in [1.165, 1.54) is 0 Å². The van der Waals surface area contributed by atoms with Gasteiger partial charge in [-0.2, -0.15) is 0 Å². The summed E-state index contributed by atoms with van der Waals surface area (Å²) in [5.74, 6) is 0. The van der Waals surface area contributed by atoms with E-state index in [1.807, 2.05) is 0 Å². The molecular weight excluding hydrogens is 248 g/mol. The maximum absolute atomic E-state index is 7.57. The Bertz CT molecular complexity index is 24.1. The summed E-state index contributed by atoms with van der Waals surface area (Å²) in [6.45, 7) is 7.72. The van der Waals surface area contributed by atoms with Gasteiger partial charge in [0.25, 0.3) is 0 Å². The third kappa shape index (κ3) is 979. The van der Waals surface area contributed by atoms with Crippen LogP contribution in [0.25, 0.3) is 0 Å². The van der Waals surface area contributed by atoms with E-state index in [0.29, 0.717) is 0 Å². The molecular formula is C8H24O4Sr. The Kier molecular flexibility index (Phi) is 161. The Balaban J connectivity index is -0.0000000213. The van der Waals surface area contributed by atoms with Crippen LogP contribution >= 0.6 is 0 Å². The van der Waals surface area contributed by atoms with Gasteiger partial charge in [0.15, 0.2) is 0 Å². The summed E-state index contributed by atoms with van der Waals surface area (Å²) in [5.41, 5.74) is 0. The second kappa shape index (κ2) is 71.4. The summed E-state index contributed by atoms with van der Waals surface area (Å²) >= 11 is 0. The van der Waals surface area contributed by atoms with Gasteiger partial charge < -0.3 is 20.4 Å². The monoisotopic (exact) mass is 272 g/mol. The van der Waals surface area contributed by atoms with E-state index in [2.05, 4.69) is 0 Å². The Morgan fingerprint density at radius 1 is 0.538 bits per heavy atom. The summed E-state index contributed by atoms with van der Waals surface area (Å²) in [7, 11) is 0. The molecule has 4 N–H and O–H groups in total. The predicted octanol–water partition coefficient (Wildman–Crippen LogP) is -0.386. The van der Waals surface area contributed by atoms with Crippen molar-refractivity contribution >= 4 is 45.5 Å². The standard InChI is InChI=1S/4C2H6O.Sr/c4*1-2-3;/h4*3H,2H2,1H3;. The molecule has 4 nitrogen and oxygen atoms in total. The summed E-state index contributed by atoms with van der Waals surface area (Å²) in [6, 6.07) is 0. The molecule has 0 aliphatic heterocycles. The van der Waals surface area contributed by atoms with Gasteiger partial charge in [-0.3, -0.25) is 0 Å². The Labute approximate surface area is 119 Å². The number of aliphatic hydroxyl groups excluding tert-OH is 4. The van der Waals surface area contributed by atoms with Crippen molar-refractivity contribution in [2.45, 2.75) is 27.7 Å². The van der Waals surface area contributed by atoms with Crippen molar-refractivity contribution in [3.63, 3.8) is 0 Å². The minimum atomic E-state index is 0. The fraction of sp³-hybridized carbons (Fsp3) is 1.00. The molecule has 0 unspecified atom stereocenters. The molecule has 0 rings (SSSR count). The molecule has 2 radical (unpaired) electrons. The van der Waals surface area contributed by atoms with Gasteiger partial charge >= 0.3 is 0 Å². The molecule has 0 aliphatic carbocycles. The molecule has 0 saturated heterocycles. The zero-order valence-electron chi connectivity index (χ0n) is 9.32. The maximum Gasteiger partial charge on any atom is 0.0402 e. The van der Waals surface area contributed by atoms with Crippen LogP contribution in [0.5, 0.6) is 0 Å². The van der Waals surface area contributed by atoms with Crippen LogP contribution in [0.1, 0.15) is 27.7 Å². The smallest absolute Gasteiger partial charge is 0.0402 e. The maximum atomic E-state index is 7.57. The second-order valence-electron chi connectivity index (χ2n) is 1.26. The van der Waals surface area contributed by atoms with Crippen molar-refractivity contribution < 1.29 is 20.4 Å². The van der Waals surface area contributed by atoms with Gasteiger partial charge in [0.2, 0.25) is 0 Å². The quantitative estimate of drug-likeness (QED) is 0.453. The van der Waals surface area contributed by atoms with Crippen LogP contribution < -0.4 is 0 Å². The molecule has 0 heterocycles.